The van der Waals surface area contributed by atoms with Gasteiger partial charge in [0.25, 0.3) is 0 Å². The van der Waals surface area contributed by atoms with Crippen molar-refractivity contribution in [3.8, 4) is 6.01 Å². The van der Waals surface area contributed by atoms with Gasteiger partial charge in [-0.15, -0.1) is 0 Å². The van der Waals surface area contributed by atoms with Crippen LogP contribution in [-0.4, -0.2) is 14.5 Å². The number of hydrogen-bond donors (Lipinski definition) is 0. The van der Waals surface area contributed by atoms with Crippen LogP contribution in [0.1, 0.15) is 1.43 Å². The van der Waals surface area contributed by atoms with Crippen LogP contribution in [0.5, 0.6) is 0 Å². The predicted molar refractivity (Wildman–Crippen MR) is 34.7 cm³/mol. The standard InChI is InChI=1S/C6H5N3O.Na.H/c1-3-9(5-7-1)6-8-2-4-10-6;;/h1-5H;;/q;+1;-1. The Bertz CT molecular complexity index is 262. The molecular formula is C6H6N3NaO. The van der Waals surface area contributed by atoms with Gasteiger partial charge in [-0.05, 0) is 0 Å². The van der Waals surface area contributed by atoms with Gasteiger partial charge < -0.3 is 5.84 Å². The summed E-state index contributed by atoms with van der Waals surface area (Å²) in [6, 6.07) is 0.539. The smallest absolute Gasteiger partial charge is 1.00 e. The van der Waals surface area contributed by atoms with E-state index in [1.165, 1.54) is 6.26 Å². The Kier molecular flexibility index (Phi) is 2.87. The molecule has 0 saturated carbocycles. The maximum Gasteiger partial charge on any atom is 1.00 e. The summed E-state index contributed by atoms with van der Waals surface area (Å²) in [5, 5.41) is 0. The van der Waals surface area contributed by atoms with Crippen LogP contribution in [0.3, 0.4) is 0 Å². The second-order valence-electron chi connectivity index (χ2n) is 1.78. The Balaban J connectivity index is 0.000000605. The number of imidazole rings is 1. The van der Waals surface area contributed by atoms with E-state index in [2.05, 4.69) is 9.97 Å². The Hall–Kier alpha value is -0.580. The van der Waals surface area contributed by atoms with Crippen LogP contribution < -0.4 is 29.6 Å². The zero-order valence-corrected chi connectivity index (χ0v) is 8.14. The summed E-state index contributed by atoms with van der Waals surface area (Å²) >= 11 is 0. The Morgan fingerprint density at radius 2 is 2.36 bits per heavy atom. The van der Waals surface area contributed by atoms with Crippen LogP contribution in [0.2, 0.25) is 0 Å². The minimum atomic E-state index is 0. The molecule has 52 valence electrons. The van der Waals surface area contributed by atoms with Crippen molar-refractivity contribution in [3.63, 3.8) is 0 Å². The third-order valence-electron chi connectivity index (χ3n) is 1.14. The second-order valence-corrected chi connectivity index (χ2v) is 1.78. The van der Waals surface area contributed by atoms with E-state index >= 15 is 0 Å². The van der Waals surface area contributed by atoms with E-state index in [0.29, 0.717) is 6.01 Å². The molecule has 0 aliphatic heterocycles. The molecule has 0 spiro atoms. The van der Waals surface area contributed by atoms with E-state index in [1.54, 1.807) is 29.5 Å². The number of oxazole rings is 1. The molecule has 2 aromatic heterocycles. The van der Waals surface area contributed by atoms with Gasteiger partial charge in [-0.3, -0.25) is 4.57 Å². The van der Waals surface area contributed by atoms with Crippen molar-refractivity contribution in [2.75, 3.05) is 0 Å². The van der Waals surface area contributed by atoms with E-state index in [9.17, 15) is 0 Å². The molecule has 0 aliphatic carbocycles. The minimum absolute atomic E-state index is 0. The zero-order valence-electron chi connectivity index (χ0n) is 7.14. The summed E-state index contributed by atoms with van der Waals surface area (Å²) in [7, 11) is 0. The Morgan fingerprint density at radius 3 is 2.91 bits per heavy atom. The molecule has 4 nitrogen and oxygen atoms in total. The first kappa shape index (κ1) is 8.52. The van der Waals surface area contributed by atoms with Crippen molar-refractivity contribution in [1.29, 1.82) is 0 Å². The van der Waals surface area contributed by atoms with Crippen LogP contribution >= 0.6 is 0 Å². The van der Waals surface area contributed by atoms with E-state index in [0.717, 1.165) is 0 Å². The van der Waals surface area contributed by atoms with Crippen LogP contribution in [0.25, 0.3) is 6.01 Å². The SMILES string of the molecule is [H-].[Na+].c1cn(-c2ncco2)cn1. The first-order valence-corrected chi connectivity index (χ1v) is 2.84. The largest absolute Gasteiger partial charge is 1.00 e. The third kappa shape index (κ3) is 1.71. The van der Waals surface area contributed by atoms with Gasteiger partial charge in [0.15, 0.2) is 0 Å². The first-order valence-electron chi connectivity index (χ1n) is 2.84. The molecule has 11 heavy (non-hydrogen) atoms. The van der Waals surface area contributed by atoms with Crippen LogP contribution in [0.4, 0.5) is 0 Å². The fourth-order valence-electron chi connectivity index (χ4n) is 0.716. The summed E-state index contributed by atoms with van der Waals surface area (Å²) in [6.07, 6.45) is 8.19. The van der Waals surface area contributed by atoms with Crippen molar-refractivity contribution in [2.45, 2.75) is 0 Å². The van der Waals surface area contributed by atoms with Crippen molar-refractivity contribution in [2.24, 2.45) is 0 Å². The third-order valence-corrected chi connectivity index (χ3v) is 1.14. The van der Waals surface area contributed by atoms with Crippen LogP contribution in [0.15, 0.2) is 35.6 Å². The molecule has 0 bridgehead atoms. The van der Waals surface area contributed by atoms with Gasteiger partial charge in [0.05, 0.1) is 6.20 Å². The fourth-order valence-corrected chi connectivity index (χ4v) is 0.716. The van der Waals surface area contributed by atoms with Gasteiger partial charge in [-0.2, -0.15) is 0 Å². The monoisotopic (exact) mass is 159 g/mol. The predicted octanol–water partition coefficient (Wildman–Crippen LogP) is -2.02. The normalized spacial score (nSPS) is 9.09. The first-order chi connectivity index (χ1) is 4.97. The zero-order chi connectivity index (χ0) is 6.81. The van der Waals surface area contributed by atoms with Gasteiger partial charge in [0.1, 0.15) is 12.6 Å². The Morgan fingerprint density at radius 1 is 1.45 bits per heavy atom. The van der Waals surface area contributed by atoms with E-state index < -0.39 is 0 Å². The summed E-state index contributed by atoms with van der Waals surface area (Å²) in [4.78, 5) is 7.76. The van der Waals surface area contributed by atoms with Gasteiger partial charge >= 0.3 is 35.6 Å². The molecule has 2 rings (SSSR count). The second kappa shape index (κ2) is 3.71. The number of nitrogens with zero attached hydrogens (tertiary/aromatic N) is 3. The molecule has 2 heterocycles. The van der Waals surface area contributed by atoms with Gasteiger partial charge in [-0.25, -0.2) is 9.97 Å². The minimum Gasteiger partial charge on any atom is -1.00 e. The molecule has 0 atom stereocenters. The summed E-state index contributed by atoms with van der Waals surface area (Å²) in [5.74, 6) is 0. The van der Waals surface area contributed by atoms with Crippen LogP contribution in [0, 0.1) is 0 Å². The maximum atomic E-state index is 4.99. The molecule has 0 unspecified atom stereocenters. The molecule has 2 aromatic rings. The van der Waals surface area contributed by atoms with E-state index in [4.69, 9.17) is 4.42 Å². The summed E-state index contributed by atoms with van der Waals surface area (Å²) in [6.45, 7) is 0. The van der Waals surface area contributed by atoms with Gasteiger partial charge in [-0.1, -0.05) is 0 Å². The Labute approximate surface area is 87.0 Å². The molecule has 0 fully saturated rings. The van der Waals surface area contributed by atoms with Crippen molar-refractivity contribution in [1.82, 2.24) is 14.5 Å². The average Bonchev–Trinajstić information content (AvgIpc) is 2.59. The molecule has 0 radical (unpaired) electrons. The maximum absolute atomic E-state index is 4.99. The van der Waals surface area contributed by atoms with Crippen molar-refractivity contribution >= 4 is 0 Å². The topological polar surface area (TPSA) is 43.9 Å². The average molecular weight is 159 g/mol. The molecule has 0 saturated heterocycles. The molecule has 0 N–H and O–H groups in total. The fraction of sp³-hybridized carbons (Fsp3) is 0. The van der Waals surface area contributed by atoms with Gasteiger partial charge in [0, 0.05) is 12.4 Å². The number of hydrogen-bond acceptors (Lipinski definition) is 3. The summed E-state index contributed by atoms with van der Waals surface area (Å²) in [5.41, 5.74) is 0. The van der Waals surface area contributed by atoms with Crippen LogP contribution in [-0.2, 0) is 0 Å². The van der Waals surface area contributed by atoms with Gasteiger partial charge in [0.2, 0.25) is 0 Å². The molecular weight excluding hydrogens is 153 g/mol. The molecule has 0 aliphatic rings. The van der Waals surface area contributed by atoms with E-state index in [-0.39, 0.29) is 31.0 Å². The summed E-state index contributed by atoms with van der Waals surface area (Å²) < 4.78 is 6.68. The quantitative estimate of drug-likeness (QED) is 0.451. The van der Waals surface area contributed by atoms with Crippen molar-refractivity contribution < 1.29 is 35.4 Å². The van der Waals surface area contributed by atoms with Crippen molar-refractivity contribution in [3.05, 3.63) is 31.2 Å². The number of rotatable bonds is 1. The molecule has 0 amide bonds. The number of aromatic nitrogens is 3. The van der Waals surface area contributed by atoms with E-state index in [1.807, 2.05) is 0 Å². The molecule has 5 heteroatoms. The molecule has 0 aromatic carbocycles.